The van der Waals surface area contributed by atoms with Crippen molar-refractivity contribution >= 4 is 56.8 Å². The van der Waals surface area contributed by atoms with Gasteiger partial charge >= 0.3 is 6.03 Å². The van der Waals surface area contributed by atoms with Crippen LogP contribution in [0.4, 0.5) is 10.5 Å². The molecule has 26 heavy (non-hydrogen) atoms. The molecule has 3 N–H and O–H groups in total. The maximum Gasteiger partial charge on any atom is 0.319 e. The van der Waals surface area contributed by atoms with Crippen LogP contribution in [0.25, 0.3) is 0 Å². The minimum absolute atomic E-state index is 0.340. The zero-order valence-electron chi connectivity index (χ0n) is 13.6. The van der Waals surface area contributed by atoms with E-state index in [9.17, 15) is 9.59 Å². The van der Waals surface area contributed by atoms with Crippen LogP contribution in [0.3, 0.4) is 0 Å². The van der Waals surface area contributed by atoms with E-state index >= 15 is 0 Å². The van der Waals surface area contributed by atoms with E-state index in [4.69, 9.17) is 23.2 Å². The fraction of sp³-hybridized carbons (Fsp3) is 0.111. The van der Waals surface area contributed by atoms with E-state index in [0.717, 1.165) is 4.47 Å². The normalized spacial score (nSPS) is 16.8. The SMILES string of the molecule is CC1=C(C(=O)Nc2ccc(Br)cc2)C(c2ccc(Cl)cc2Cl)NC(=O)N1. The van der Waals surface area contributed by atoms with Crippen molar-refractivity contribution in [3.63, 3.8) is 0 Å². The van der Waals surface area contributed by atoms with Gasteiger partial charge in [-0.2, -0.15) is 0 Å². The van der Waals surface area contributed by atoms with Crippen molar-refractivity contribution in [3.05, 3.63) is 73.8 Å². The molecule has 0 aliphatic carbocycles. The Morgan fingerprint density at radius 3 is 2.50 bits per heavy atom. The Morgan fingerprint density at radius 1 is 1.15 bits per heavy atom. The van der Waals surface area contributed by atoms with Crippen molar-refractivity contribution in [2.24, 2.45) is 0 Å². The summed E-state index contributed by atoms with van der Waals surface area (Å²) in [6.45, 7) is 1.67. The lowest BCUT2D eigenvalue weighted by molar-refractivity contribution is -0.113. The average molecular weight is 455 g/mol. The molecule has 0 bridgehead atoms. The van der Waals surface area contributed by atoms with Gasteiger partial charge < -0.3 is 16.0 Å². The van der Waals surface area contributed by atoms with Gasteiger partial charge in [0.05, 0.1) is 11.6 Å². The number of carbonyl (C=O) groups is 2. The second kappa shape index (κ2) is 7.70. The molecule has 0 fully saturated rings. The topological polar surface area (TPSA) is 70.2 Å². The number of urea groups is 1. The van der Waals surface area contributed by atoms with Gasteiger partial charge in [-0.15, -0.1) is 0 Å². The van der Waals surface area contributed by atoms with Crippen molar-refractivity contribution in [2.45, 2.75) is 13.0 Å². The van der Waals surface area contributed by atoms with Gasteiger partial charge in [-0.3, -0.25) is 4.79 Å². The Hall–Kier alpha value is -2.02. The zero-order valence-corrected chi connectivity index (χ0v) is 16.7. The first-order valence-corrected chi connectivity index (χ1v) is 9.20. The van der Waals surface area contributed by atoms with Crippen molar-refractivity contribution in [1.82, 2.24) is 10.6 Å². The number of nitrogens with one attached hydrogen (secondary N) is 3. The van der Waals surface area contributed by atoms with Crippen molar-refractivity contribution in [3.8, 4) is 0 Å². The van der Waals surface area contributed by atoms with Crippen LogP contribution in [0, 0.1) is 0 Å². The highest BCUT2D eigenvalue weighted by Gasteiger charge is 2.32. The molecule has 2 aromatic rings. The van der Waals surface area contributed by atoms with Crippen molar-refractivity contribution < 1.29 is 9.59 Å². The highest BCUT2D eigenvalue weighted by atomic mass is 79.9. The molecule has 1 heterocycles. The number of rotatable bonds is 3. The van der Waals surface area contributed by atoms with Crippen LogP contribution < -0.4 is 16.0 Å². The van der Waals surface area contributed by atoms with Gasteiger partial charge in [0.25, 0.3) is 5.91 Å². The Bertz CT molecular complexity index is 913. The second-order valence-electron chi connectivity index (χ2n) is 5.70. The van der Waals surface area contributed by atoms with Crippen LogP contribution in [0.15, 0.2) is 58.2 Å². The lowest BCUT2D eigenvalue weighted by Gasteiger charge is -2.29. The summed E-state index contributed by atoms with van der Waals surface area (Å²) in [6, 6.07) is 11.0. The minimum Gasteiger partial charge on any atom is -0.327 e. The Balaban J connectivity index is 1.97. The molecule has 3 amide bonds. The molecule has 0 spiro atoms. The van der Waals surface area contributed by atoms with Crippen LogP contribution in [0.2, 0.25) is 10.0 Å². The summed E-state index contributed by atoms with van der Waals surface area (Å²) in [4.78, 5) is 24.8. The number of carbonyl (C=O) groups excluding carboxylic acids is 2. The van der Waals surface area contributed by atoms with Gasteiger partial charge in [0.1, 0.15) is 0 Å². The molecule has 0 saturated carbocycles. The summed E-state index contributed by atoms with van der Waals surface area (Å²) in [5.41, 5.74) is 2.05. The van der Waals surface area contributed by atoms with Crippen LogP contribution in [-0.4, -0.2) is 11.9 Å². The summed E-state index contributed by atoms with van der Waals surface area (Å²) in [7, 11) is 0. The lowest BCUT2D eigenvalue weighted by atomic mass is 9.94. The number of hydrogen-bond acceptors (Lipinski definition) is 2. The monoisotopic (exact) mass is 453 g/mol. The number of amides is 3. The van der Waals surface area contributed by atoms with Gasteiger partial charge in [-0.1, -0.05) is 45.2 Å². The number of anilines is 1. The summed E-state index contributed by atoms with van der Waals surface area (Å²) in [5, 5.41) is 9.05. The first-order chi connectivity index (χ1) is 12.3. The van der Waals surface area contributed by atoms with Crippen LogP contribution in [-0.2, 0) is 4.79 Å². The Morgan fingerprint density at radius 2 is 1.85 bits per heavy atom. The molecule has 0 saturated heterocycles. The average Bonchev–Trinajstić information content (AvgIpc) is 2.56. The number of hydrogen-bond donors (Lipinski definition) is 3. The summed E-state index contributed by atoms with van der Waals surface area (Å²) >= 11 is 15.6. The third kappa shape index (κ3) is 4.03. The molecule has 3 rings (SSSR count). The van der Waals surface area contributed by atoms with E-state index in [1.807, 2.05) is 12.1 Å². The van der Waals surface area contributed by atoms with E-state index in [1.165, 1.54) is 0 Å². The van der Waals surface area contributed by atoms with Gasteiger partial charge in [0, 0.05) is 25.9 Å². The van der Waals surface area contributed by atoms with E-state index in [1.54, 1.807) is 37.3 Å². The molecular weight excluding hydrogens is 441 g/mol. The van der Waals surface area contributed by atoms with E-state index in [-0.39, 0.29) is 5.91 Å². The van der Waals surface area contributed by atoms with Crippen molar-refractivity contribution in [2.75, 3.05) is 5.32 Å². The van der Waals surface area contributed by atoms with Crippen LogP contribution in [0.5, 0.6) is 0 Å². The molecule has 8 heteroatoms. The highest BCUT2D eigenvalue weighted by Crippen LogP contribution is 2.33. The molecule has 0 aromatic heterocycles. The standard InChI is InChI=1S/C18H14BrCl2N3O2/c1-9-15(17(25)23-12-5-2-10(19)3-6-12)16(24-18(26)22-9)13-7-4-11(20)8-14(13)21/h2-8,16H,1H3,(H,23,25)(H2,22,24,26). The minimum atomic E-state index is -0.691. The fourth-order valence-corrected chi connectivity index (χ4v) is 3.48. The third-order valence-electron chi connectivity index (χ3n) is 3.89. The largest absolute Gasteiger partial charge is 0.327 e. The van der Waals surface area contributed by atoms with E-state index < -0.39 is 12.1 Å². The molecule has 2 aromatic carbocycles. The lowest BCUT2D eigenvalue weighted by Crippen LogP contribution is -2.46. The summed E-state index contributed by atoms with van der Waals surface area (Å²) in [5.74, 6) is -0.340. The Labute approximate surface area is 168 Å². The van der Waals surface area contributed by atoms with Gasteiger partial charge in [0.15, 0.2) is 0 Å². The van der Waals surface area contributed by atoms with Gasteiger partial charge in [-0.05, 0) is 48.9 Å². The summed E-state index contributed by atoms with van der Waals surface area (Å²) < 4.78 is 0.906. The van der Waals surface area contributed by atoms with E-state index in [0.29, 0.717) is 32.6 Å². The second-order valence-corrected chi connectivity index (χ2v) is 7.46. The zero-order chi connectivity index (χ0) is 18.8. The molecular formula is C18H14BrCl2N3O2. The predicted molar refractivity (Wildman–Crippen MR) is 106 cm³/mol. The van der Waals surface area contributed by atoms with Gasteiger partial charge in [0.2, 0.25) is 0 Å². The molecule has 5 nitrogen and oxygen atoms in total. The Kier molecular flexibility index (Phi) is 5.55. The van der Waals surface area contributed by atoms with Gasteiger partial charge in [-0.25, -0.2) is 4.79 Å². The first kappa shape index (κ1) is 18.8. The molecule has 1 aliphatic rings. The van der Waals surface area contributed by atoms with Crippen LogP contribution >= 0.6 is 39.1 Å². The number of allylic oxidation sites excluding steroid dienone is 1. The maximum absolute atomic E-state index is 12.9. The quantitative estimate of drug-likeness (QED) is 0.609. The van der Waals surface area contributed by atoms with E-state index in [2.05, 4.69) is 31.9 Å². The van der Waals surface area contributed by atoms with Crippen LogP contribution in [0.1, 0.15) is 18.5 Å². The fourth-order valence-electron chi connectivity index (χ4n) is 2.70. The number of benzene rings is 2. The number of halogens is 3. The molecule has 1 aliphatic heterocycles. The third-order valence-corrected chi connectivity index (χ3v) is 4.98. The molecule has 0 radical (unpaired) electrons. The predicted octanol–water partition coefficient (Wildman–Crippen LogP) is 5.02. The maximum atomic E-state index is 12.9. The summed E-state index contributed by atoms with van der Waals surface area (Å²) in [6.07, 6.45) is 0. The molecule has 1 unspecified atom stereocenters. The van der Waals surface area contributed by atoms with Crippen molar-refractivity contribution in [1.29, 1.82) is 0 Å². The molecule has 134 valence electrons. The smallest absolute Gasteiger partial charge is 0.319 e. The first-order valence-electron chi connectivity index (χ1n) is 7.65. The highest BCUT2D eigenvalue weighted by molar-refractivity contribution is 9.10. The molecule has 1 atom stereocenters.